The lowest BCUT2D eigenvalue weighted by Gasteiger charge is -2.32. The van der Waals surface area contributed by atoms with Gasteiger partial charge in [-0.2, -0.15) is 0 Å². The molecule has 0 saturated carbocycles. The van der Waals surface area contributed by atoms with Crippen molar-refractivity contribution in [2.45, 2.75) is 44.1 Å². The van der Waals surface area contributed by atoms with Gasteiger partial charge in [0.15, 0.2) is 5.16 Å². The molecule has 174 valence electrons. The van der Waals surface area contributed by atoms with Crippen LogP contribution in [0.15, 0.2) is 70.6 Å². The normalized spacial score (nSPS) is 17.5. The van der Waals surface area contributed by atoms with Crippen molar-refractivity contribution < 1.29 is 9.53 Å². The number of para-hydroxylation sites is 2. The molecule has 0 fully saturated rings. The number of ether oxygens (including phenoxy) is 1. The van der Waals surface area contributed by atoms with Crippen molar-refractivity contribution in [1.29, 1.82) is 0 Å². The van der Waals surface area contributed by atoms with Crippen LogP contribution in [-0.2, 0) is 22.6 Å². The van der Waals surface area contributed by atoms with E-state index in [9.17, 15) is 9.59 Å². The molecule has 2 aromatic carbocycles. The standard InChI is InChI=1S/C26H25N3O3S2/c1-3-26(2)14-19-20(15-32-26)34-23-22(19)24(31)29(18-12-8-5-9-13-18)25(28-23)33-16-21(30)27-17-10-6-4-7-11-17/h4-13H,3,14-16H2,1-2H3,(H,27,30)/t26-/m1/s1. The maximum absolute atomic E-state index is 13.9. The van der Waals surface area contributed by atoms with Gasteiger partial charge in [0.1, 0.15) is 4.83 Å². The molecule has 1 atom stereocenters. The van der Waals surface area contributed by atoms with Crippen molar-refractivity contribution in [1.82, 2.24) is 9.55 Å². The molecule has 6 nitrogen and oxygen atoms in total. The topological polar surface area (TPSA) is 73.2 Å². The van der Waals surface area contributed by atoms with Crippen molar-refractivity contribution in [3.05, 3.63) is 81.5 Å². The van der Waals surface area contributed by atoms with Crippen molar-refractivity contribution in [3.8, 4) is 5.69 Å². The highest BCUT2D eigenvalue weighted by Gasteiger charge is 2.33. The molecule has 34 heavy (non-hydrogen) atoms. The van der Waals surface area contributed by atoms with Crippen LogP contribution in [0, 0.1) is 0 Å². The fraction of sp³-hybridized carbons (Fsp3) is 0.269. The van der Waals surface area contributed by atoms with E-state index in [1.54, 1.807) is 4.57 Å². The number of carbonyl (C=O) groups is 1. The van der Waals surface area contributed by atoms with Gasteiger partial charge in [0.2, 0.25) is 5.91 Å². The predicted octanol–water partition coefficient (Wildman–Crippen LogP) is 5.42. The highest BCUT2D eigenvalue weighted by molar-refractivity contribution is 7.99. The summed E-state index contributed by atoms with van der Waals surface area (Å²) in [6.07, 6.45) is 1.56. The number of nitrogens with zero attached hydrogens (tertiary/aromatic N) is 2. The first-order chi connectivity index (χ1) is 16.5. The average molecular weight is 492 g/mol. The Labute approximate surface area is 206 Å². The summed E-state index contributed by atoms with van der Waals surface area (Å²) in [5.41, 5.74) is 2.14. The Bertz CT molecular complexity index is 1400. The number of benzene rings is 2. The van der Waals surface area contributed by atoms with E-state index >= 15 is 0 Å². The zero-order chi connectivity index (χ0) is 23.7. The first-order valence-corrected chi connectivity index (χ1v) is 13.0. The van der Waals surface area contributed by atoms with E-state index in [1.807, 2.05) is 60.7 Å². The Hall–Kier alpha value is -2.94. The van der Waals surface area contributed by atoms with Crippen molar-refractivity contribution in [2.75, 3.05) is 11.1 Å². The summed E-state index contributed by atoms with van der Waals surface area (Å²) in [5, 5.41) is 4.07. The molecule has 0 aliphatic carbocycles. The van der Waals surface area contributed by atoms with Crippen LogP contribution in [0.5, 0.6) is 0 Å². The molecule has 1 amide bonds. The number of hydrogen-bond acceptors (Lipinski definition) is 6. The van der Waals surface area contributed by atoms with E-state index in [0.29, 0.717) is 28.4 Å². The van der Waals surface area contributed by atoms with Crippen LogP contribution in [0.1, 0.15) is 30.7 Å². The van der Waals surface area contributed by atoms with Gasteiger partial charge in [0.05, 0.1) is 29.0 Å². The number of rotatable bonds is 6. The smallest absolute Gasteiger partial charge is 0.267 e. The van der Waals surface area contributed by atoms with Gasteiger partial charge in [0, 0.05) is 17.0 Å². The lowest BCUT2D eigenvalue weighted by Crippen LogP contribution is -2.34. The average Bonchev–Trinajstić information content (AvgIpc) is 3.21. The van der Waals surface area contributed by atoms with E-state index in [0.717, 1.165) is 28.2 Å². The molecular weight excluding hydrogens is 466 g/mol. The van der Waals surface area contributed by atoms with Crippen LogP contribution < -0.4 is 10.9 Å². The third-order valence-electron chi connectivity index (χ3n) is 6.13. The van der Waals surface area contributed by atoms with E-state index in [-0.39, 0.29) is 22.8 Å². The number of thiophene rings is 1. The minimum atomic E-state index is -0.284. The summed E-state index contributed by atoms with van der Waals surface area (Å²) >= 11 is 2.78. The Balaban J connectivity index is 1.55. The van der Waals surface area contributed by atoms with E-state index < -0.39 is 0 Å². The Morgan fingerprint density at radius 1 is 1.18 bits per heavy atom. The number of nitrogens with one attached hydrogen (secondary N) is 1. The van der Waals surface area contributed by atoms with Gasteiger partial charge in [-0.15, -0.1) is 11.3 Å². The quantitative estimate of drug-likeness (QED) is 0.288. The van der Waals surface area contributed by atoms with Crippen LogP contribution in [0.3, 0.4) is 0 Å². The molecule has 8 heteroatoms. The van der Waals surface area contributed by atoms with Gasteiger partial charge >= 0.3 is 0 Å². The first kappa shape index (κ1) is 22.8. The molecule has 0 spiro atoms. The van der Waals surface area contributed by atoms with Gasteiger partial charge in [-0.1, -0.05) is 55.1 Å². The summed E-state index contributed by atoms with van der Waals surface area (Å²) in [4.78, 5) is 33.1. The number of aromatic nitrogens is 2. The third kappa shape index (κ3) is 4.41. The molecule has 1 aliphatic rings. The molecule has 4 aromatic rings. The van der Waals surface area contributed by atoms with Crippen molar-refractivity contribution in [3.63, 3.8) is 0 Å². The molecule has 2 aromatic heterocycles. The highest BCUT2D eigenvalue weighted by atomic mass is 32.2. The number of anilines is 1. The maximum atomic E-state index is 13.9. The van der Waals surface area contributed by atoms with Crippen LogP contribution >= 0.6 is 23.1 Å². The molecule has 3 heterocycles. The summed E-state index contributed by atoms with van der Waals surface area (Å²) in [6, 6.07) is 18.8. The fourth-order valence-electron chi connectivity index (χ4n) is 4.08. The molecule has 0 bridgehead atoms. The van der Waals surface area contributed by atoms with Gasteiger partial charge in [-0.3, -0.25) is 14.2 Å². The van der Waals surface area contributed by atoms with Gasteiger partial charge in [-0.25, -0.2) is 4.98 Å². The van der Waals surface area contributed by atoms with E-state index in [1.165, 1.54) is 23.1 Å². The molecule has 1 N–H and O–H groups in total. The zero-order valence-corrected chi connectivity index (χ0v) is 20.7. The highest BCUT2D eigenvalue weighted by Crippen LogP contribution is 2.39. The summed E-state index contributed by atoms with van der Waals surface area (Å²) in [6.45, 7) is 4.70. The monoisotopic (exact) mass is 491 g/mol. The Morgan fingerprint density at radius 3 is 2.59 bits per heavy atom. The lowest BCUT2D eigenvalue weighted by atomic mass is 9.90. The van der Waals surface area contributed by atoms with Gasteiger partial charge in [0.25, 0.3) is 5.56 Å². The second kappa shape index (κ2) is 9.37. The Kier molecular flexibility index (Phi) is 6.29. The third-order valence-corrected chi connectivity index (χ3v) is 8.17. The molecule has 0 unspecified atom stereocenters. The van der Waals surface area contributed by atoms with E-state index in [4.69, 9.17) is 9.72 Å². The zero-order valence-electron chi connectivity index (χ0n) is 19.0. The van der Waals surface area contributed by atoms with Crippen LogP contribution in [0.4, 0.5) is 5.69 Å². The van der Waals surface area contributed by atoms with Gasteiger partial charge in [-0.05, 0) is 43.2 Å². The second-order valence-electron chi connectivity index (χ2n) is 8.53. The summed E-state index contributed by atoms with van der Waals surface area (Å²) < 4.78 is 7.74. The largest absolute Gasteiger partial charge is 0.369 e. The lowest BCUT2D eigenvalue weighted by molar-refractivity contribution is -0.113. The molecule has 5 rings (SSSR count). The SMILES string of the molecule is CC[C@]1(C)Cc2c(sc3nc(SCC(=O)Nc4ccccc4)n(-c4ccccc4)c(=O)c23)CO1. The number of carbonyl (C=O) groups excluding carboxylic acids is 1. The molecule has 1 aliphatic heterocycles. The second-order valence-corrected chi connectivity index (χ2v) is 10.6. The minimum Gasteiger partial charge on any atom is -0.369 e. The van der Waals surface area contributed by atoms with Crippen LogP contribution in [-0.4, -0.2) is 26.8 Å². The maximum Gasteiger partial charge on any atom is 0.267 e. The predicted molar refractivity (Wildman–Crippen MR) is 138 cm³/mol. The van der Waals surface area contributed by atoms with Crippen molar-refractivity contribution in [2.24, 2.45) is 0 Å². The number of fused-ring (bicyclic) bond motifs is 3. The fourth-order valence-corrected chi connectivity index (χ4v) is 6.04. The van der Waals surface area contributed by atoms with Crippen LogP contribution in [0.2, 0.25) is 0 Å². The molecule has 0 radical (unpaired) electrons. The number of amides is 1. The number of thioether (sulfide) groups is 1. The van der Waals surface area contributed by atoms with Gasteiger partial charge < -0.3 is 10.1 Å². The summed E-state index contributed by atoms with van der Waals surface area (Å²) in [5.74, 6) is -0.00958. The molecular formula is C26H25N3O3S2. The molecule has 0 saturated heterocycles. The first-order valence-electron chi connectivity index (χ1n) is 11.2. The van der Waals surface area contributed by atoms with E-state index in [2.05, 4.69) is 19.2 Å². The number of hydrogen-bond donors (Lipinski definition) is 1. The minimum absolute atomic E-state index is 0.0972. The van der Waals surface area contributed by atoms with Crippen molar-refractivity contribution >= 4 is 44.9 Å². The Morgan fingerprint density at radius 2 is 1.88 bits per heavy atom. The summed E-state index contributed by atoms with van der Waals surface area (Å²) in [7, 11) is 0. The van der Waals surface area contributed by atoms with Crippen LogP contribution in [0.25, 0.3) is 15.9 Å².